The summed E-state index contributed by atoms with van der Waals surface area (Å²) in [4.78, 5) is 0. The third-order valence-electron chi connectivity index (χ3n) is 10.2. The molecule has 4 rings (SSSR count). The van der Waals surface area contributed by atoms with Crippen molar-refractivity contribution in [3.8, 4) is 0 Å². The summed E-state index contributed by atoms with van der Waals surface area (Å²) >= 11 is 0. The second kappa shape index (κ2) is 6.84. The van der Waals surface area contributed by atoms with Gasteiger partial charge in [0.2, 0.25) is 0 Å². The van der Waals surface area contributed by atoms with Gasteiger partial charge in [-0.25, -0.2) is 0 Å². The van der Waals surface area contributed by atoms with Crippen LogP contribution in [0.5, 0.6) is 0 Å². The van der Waals surface area contributed by atoms with Crippen molar-refractivity contribution < 1.29 is 5.11 Å². The van der Waals surface area contributed by atoms with E-state index in [0.717, 1.165) is 41.9 Å². The molecular weight excluding hydrogens is 304 g/mol. The molecular formula is C24H42O. The lowest BCUT2D eigenvalue weighted by Crippen LogP contribution is -2.55. The highest BCUT2D eigenvalue weighted by atomic mass is 16.2. The van der Waals surface area contributed by atoms with Crippen molar-refractivity contribution in [2.75, 3.05) is 6.61 Å². The molecule has 1 heteroatoms. The molecule has 0 aliphatic heterocycles. The molecule has 4 saturated carbocycles. The van der Waals surface area contributed by atoms with Crippen LogP contribution in [-0.2, 0) is 0 Å². The first-order chi connectivity index (χ1) is 12.0. The molecule has 0 aromatic heterocycles. The standard InChI is InChI=1S/C24H42O/c1-4-17-16-19-21-11-10-18(8-7-15-25)23(21,2)14-12-22(19)24(3)13-6-5-9-20(17)24/h17-22,25H,4-16H2,1-3H3. The predicted molar refractivity (Wildman–Crippen MR) is 105 cm³/mol. The van der Waals surface area contributed by atoms with E-state index in [9.17, 15) is 5.11 Å². The fourth-order valence-corrected chi connectivity index (χ4v) is 8.94. The van der Waals surface area contributed by atoms with Crippen LogP contribution in [0.3, 0.4) is 0 Å². The molecule has 25 heavy (non-hydrogen) atoms. The molecule has 4 fully saturated rings. The van der Waals surface area contributed by atoms with Gasteiger partial charge in [0, 0.05) is 6.61 Å². The summed E-state index contributed by atoms with van der Waals surface area (Å²) in [5.41, 5.74) is 1.25. The zero-order chi connectivity index (χ0) is 17.7. The zero-order valence-electron chi connectivity index (χ0n) is 17.1. The minimum absolute atomic E-state index is 0.390. The number of hydrogen-bond acceptors (Lipinski definition) is 1. The third-order valence-corrected chi connectivity index (χ3v) is 10.2. The summed E-state index contributed by atoms with van der Waals surface area (Å²) in [6.45, 7) is 8.23. The van der Waals surface area contributed by atoms with Gasteiger partial charge in [-0.05, 0) is 104 Å². The summed E-state index contributed by atoms with van der Waals surface area (Å²) in [6.07, 6.45) is 17.2. The van der Waals surface area contributed by atoms with E-state index in [1.165, 1.54) is 64.2 Å². The van der Waals surface area contributed by atoms with Crippen LogP contribution in [0.25, 0.3) is 0 Å². The topological polar surface area (TPSA) is 20.2 Å². The van der Waals surface area contributed by atoms with Crippen LogP contribution in [0, 0.1) is 46.3 Å². The summed E-state index contributed by atoms with van der Waals surface area (Å²) in [5, 5.41) is 9.32. The maximum absolute atomic E-state index is 9.32. The SMILES string of the molecule is CCC1CC2C3CCC(CCCO)C3(C)CCC2C2(C)CCCCC12. The van der Waals surface area contributed by atoms with Crippen molar-refractivity contribution in [3.05, 3.63) is 0 Å². The largest absolute Gasteiger partial charge is 0.396 e. The Hall–Kier alpha value is -0.0400. The second-order valence-corrected chi connectivity index (χ2v) is 10.8. The van der Waals surface area contributed by atoms with Crippen molar-refractivity contribution in [1.29, 1.82) is 0 Å². The Morgan fingerprint density at radius 1 is 0.880 bits per heavy atom. The Morgan fingerprint density at radius 2 is 1.68 bits per heavy atom. The molecule has 0 aromatic rings. The van der Waals surface area contributed by atoms with E-state index in [2.05, 4.69) is 20.8 Å². The second-order valence-electron chi connectivity index (χ2n) is 10.8. The Bertz CT molecular complexity index is 473. The molecule has 0 radical (unpaired) electrons. The molecule has 0 heterocycles. The summed E-state index contributed by atoms with van der Waals surface area (Å²) in [7, 11) is 0. The highest BCUT2D eigenvalue weighted by Crippen LogP contribution is 2.69. The van der Waals surface area contributed by atoms with Crippen LogP contribution < -0.4 is 0 Å². The van der Waals surface area contributed by atoms with E-state index in [1.807, 2.05) is 0 Å². The smallest absolute Gasteiger partial charge is 0.0431 e. The van der Waals surface area contributed by atoms with Gasteiger partial charge in [-0.1, -0.05) is 40.0 Å². The number of aliphatic hydroxyl groups is 1. The van der Waals surface area contributed by atoms with Crippen LogP contribution in [0.4, 0.5) is 0 Å². The van der Waals surface area contributed by atoms with Gasteiger partial charge in [0.15, 0.2) is 0 Å². The Balaban J connectivity index is 1.60. The molecule has 1 nitrogen and oxygen atoms in total. The normalized spacial score (nSPS) is 52.3. The van der Waals surface area contributed by atoms with Gasteiger partial charge in [0.1, 0.15) is 0 Å². The monoisotopic (exact) mass is 346 g/mol. The first kappa shape index (κ1) is 18.3. The predicted octanol–water partition coefficient (Wildman–Crippen LogP) is 6.44. The molecule has 0 amide bonds. The highest BCUT2D eigenvalue weighted by molar-refractivity contribution is 5.10. The van der Waals surface area contributed by atoms with Crippen LogP contribution in [0.1, 0.15) is 97.8 Å². The summed E-state index contributed by atoms with van der Waals surface area (Å²) in [6, 6.07) is 0. The molecule has 1 N–H and O–H groups in total. The molecule has 8 atom stereocenters. The average molecular weight is 347 g/mol. The Labute approximate surface area is 156 Å². The van der Waals surface area contributed by atoms with Crippen molar-refractivity contribution in [2.45, 2.75) is 97.8 Å². The molecule has 0 aromatic carbocycles. The zero-order valence-corrected chi connectivity index (χ0v) is 17.1. The highest BCUT2D eigenvalue weighted by Gasteiger charge is 2.60. The number of hydrogen-bond donors (Lipinski definition) is 1. The molecule has 0 saturated heterocycles. The van der Waals surface area contributed by atoms with Gasteiger partial charge < -0.3 is 5.11 Å². The van der Waals surface area contributed by atoms with E-state index in [4.69, 9.17) is 0 Å². The number of fused-ring (bicyclic) bond motifs is 5. The quantitative estimate of drug-likeness (QED) is 0.620. The molecule has 0 spiro atoms. The van der Waals surface area contributed by atoms with Crippen molar-refractivity contribution in [2.24, 2.45) is 46.3 Å². The van der Waals surface area contributed by atoms with E-state index < -0.39 is 0 Å². The van der Waals surface area contributed by atoms with Gasteiger partial charge >= 0.3 is 0 Å². The minimum atomic E-state index is 0.390. The van der Waals surface area contributed by atoms with Gasteiger partial charge in [0.05, 0.1) is 0 Å². The van der Waals surface area contributed by atoms with E-state index in [-0.39, 0.29) is 0 Å². The van der Waals surface area contributed by atoms with Gasteiger partial charge in [-0.15, -0.1) is 0 Å². The van der Waals surface area contributed by atoms with Crippen LogP contribution >= 0.6 is 0 Å². The maximum atomic E-state index is 9.32. The maximum Gasteiger partial charge on any atom is 0.0431 e. The fraction of sp³-hybridized carbons (Fsp3) is 1.00. The van der Waals surface area contributed by atoms with Crippen molar-refractivity contribution in [3.63, 3.8) is 0 Å². The van der Waals surface area contributed by atoms with E-state index in [1.54, 1.807) is 6.42 Å². The van der Waals surface area contributed by atoms with Gasteiger partial charge in [-0.2, -0.15) is 0 Å². The molecule has 8 unspecified atom stereocenters. The molecule has 4 aliphatic rings. The lowest BCUT2D eigenvalue weighted by molar-refractivity contribution is -0.135. The van der Waals surface area contributed by atoms with Gasteiger partial charge in [-0.3, -0.25) is 0 Å². The lowest BCUT2D eigenvalue weighted by atomic mass is 9.42. The molecule has 0 bridgehead atoms. The summed E-state index contributed by atoms with van der Waals surface area (Å²) in [5.74, 6) is 5.96. The molecule has 4 aliphatic carbocycles. The van der Waals surface area contributed by atoms with Gasteiger partial charge in [0.25, 0.3) is 0 Å². The van der Waals surface area contributed by atoms with Crippen LogP contribution in [0.15, 0.2) is 0 Å². The third kappa shape index (κ3) is 2.74. The molecule has 144 valence electrons. The fourth-order valence-electron chi connectivity index (χ4n) is 8.94. The Morgan fingerprint density at radius 3 is 2.44 bits per heavy atom. The van der Waals surface area contributed by atoms with E-state index in [0.29, 0.717) is 17.4 Å². The van der Waals surface area contributed by atoms with E-state index >= 15 is 0 Å². The van der Waals surface area contributed by atoms with Crippen LogP contribution in [0.2, 0.25) is 0 Å². The first-order valence-corrected chi connectivity index (χ1v) is 11.7. The van der Waals surface area contributed by atoms with Crippen LogP contribution in [-0.4, -0.2) is 11.7 Å². The van der Waals surface area contributed by atoms with Crippen molar-refractivity contribution in [1.82, 2.24) is 0 Å². The summed E-state index contributed by atoms with van der Waals surface area (Å²) < 4.78 is 0. The first-order valence-electron chi connectivity index (χ1n) is 11.7. The lowest BCUT2D eigenvalue weighted by Gasteiger charge is -2.62. The minimum Gasteiger partial charge on any atom is -0.396 e. The Kier molecular flexibility index (Phi) is 5.02. The number of rotatable bonds is 4. The van der Waals surface area contributed by atoms with Crippen molar-refractivity contribution >= 4 is 0 Å². The number of aliphatic hydroxyl groups excluding tert-OH is 1. The average Bonchev–Trinajstić information content (AvgIpc) is 2.95.